The summed E-state index contributed by atoms with van der Waals surface area (Å²) in [5.41, 5.74) is 7.82. The van der Waals surface area contributed by atoms with Crippen LogP contribution in [0.5, 0.6) is 0 Å². The molecule has 0 aliphatic carbocycles. The molecule has 0 saturated heterocycles. The van der Waals surface area contributed by atoms with Crippen molar-refractivity contribution in [3.8, 4) is 0 Å². The van der Waals surface area contributed by atoms with E-state index in [0.29, 0.717) is 0 Å². The molecular weight excluding hydrogens is 280 g/mol. The van der Waals surface area contributed by atoms with Crippen LogP contribution in [-0.4, -0.2) is 50.2 Å². The van der Waals surface area contributed by atoms with Crippen molar-refractivity contribution < 1.29 is 0 Å². The van der Waals surface area contributed by atoms with E-state index in [0.717, 1.165) is 48.0 Å². The molecule has 21 heavy (non-hydrogen) atoms. The second-order valence-electron chi connectivity index (χ2n) is 5.23. The van der Waals surface area contributed by atoms with E-state index in [1.807, 2.05) is 0 Å². The summed E-state index contributed by atoms with van der Waals surface area (Å²) < 4.78 is 0. The fourth-order valence-electron chi connectivity index (χ4n) is 2.36. The summed E-state index contributed by atoms with van der Waals surface area (Å²) in [6.07, 6.45) is 1.10. The SMILES string of the molecule is CCSc1cccc(N(CC)CCCN(C)C)c1C(=N)N. The summed E-state index contributed by atoms with van der Waals surface area (Å²) >= 11 is 1.75. The molecule has 1 aromatic carbocycles. The van der Waals surface area contributed by atoms with Gasteiger partial charge in [0.2, 0.25) is 0 Å². The normalized spacial score (nSPS) is 10.9. The van der Waals surface area contributed by atoms with Gasteiger partial charge in [-0.1, -0.05) is 13.0 Å². The lowest BCUT2D eigenvalue weighted by Crippen LogP contribution is -2.29. The lowest BCUT2D eigenvalue weighted by atomic mass is 10.1. The van der Waals surface area contributed by atoms with Crippen LogP contribution in [0.3, 0.4) is 0 Å². The highest BCUT2D eigenvalue weighted by Gasteiger charge is 2.15. The molecule has 0 aliphatic heterocycles. The lowest BCUT2D eigenvalue weighted by molar-refractivity contribution is 0.400. The molecule has 3 N–H and O–H groups in total. The summed E-state index contributed by atoms with van der Waals surface area (Å²) in [6.45, 7) is 7.24. The first-order valence-electron chi connectivity index (χ1n) is 7.51. The van der Waals surface area contributed by atoms with Crippen LogP contribution < -0.4 is 10.6 Å². The first kappa shape index (κ1) is 17.9. The number of hydrogen-bond acceptors (Lipinski definition) is 4. The van der Waals surface area contributed by atoms with Gasteiger partial charge < -0.3 is 15.5 Å². The molecule has 0 amide bonds. The first-order chi connectivity index (χ1) is 10.0. The van der Waals surface area contributed by atoms with Crippen molar-refractivity contribution in [2.45, 2.75) is 25.2 Å². The van der Waals surface area contributed by atoms with Gasteiger partial charge in [-0.25, -0.2) is 0 Å². The van der Waals surface area contributed by atoms with E-state index in [-0.39, 0.29) is 5.84 Å². The van der Waals surface area contributed by atoms with E-state index in [9.17, 15) is 0 Å². The van der Waals surface area contributed by atoms with Gasteiger partial charge in [0.25, 0.3) is 0 Å². The van der Waals surface area contributed by atoms with Gasteiger partial charge in [0.05, 0.1) is 5.56 Å². The molecule has 0 aliphatic rings. The third-order valence-corrected chi connectivity index (χ3v) is 4.27. The lowest BCUT2D eigenvalue weighted by Gasteiger charge is -2.27. The molecule has 0 saturated carbocycles. The summed E-state index contributed by atoms with van der Waals surface area (Å²) in [6, 6.07) is 6.20. The van der Waals surface area contributed by atoms with Gasteiger partial charge in [-0.15, -0.1) is 11.8 Å². The fraction of sp³-hybridized carbons (Fsp3) is 0.562. The highest BCUT2D eigenvalue weighted by atomic mass is 32.2. The van der Waals surface area contributed by atoms with Gasteiger partial charge in [0.1, 0.15) is 5.84 Å². The van der Waals surface area contributed by atoms with E-state index < -0.39 is 0 Å². The third-order valence-electron chi connectivity index (χ3n) is 3.33. The van der Waals surface area contributed by atoms with Crippen molar-refractivity contribution in [3.63, 3.8) is 0 Å². The average molecular weight is 308 g/mol. The Bertz CT molecular complexity index is 460. The predicted molar refractivity (Wildman–Crippen MR) is 94.9 cm³/mol. The second kappa shape index (κ2) is 8.95. The molecule has 0 unspecified atom stereocenters. The number of rotatable bonds is 9. The van der Waals surface area contributed by atoms with Crippen molar-refractivity contribution in [1.82, 2.24) is 4.90 Å². The van der Waals surface area contributed by atoms with Gasteiger partial charge in [-0.05, 0) is 51.9 Å². The Kier molecular flexibility index (Phi) is 7.61. The number of benzene rings is 1. The van der Waals surface area contributed by atoms with Gasteiger partial charge in [-0.2, -0.15) is 0 Å². The molecule has 1 aromatic rings. The maximum Gasteiger partial charge on any atom is 0.126 e. The van der Waals surface area contributed by atoms with Crippen molar-refractivity contribution >= 4 is 23.3 Å². The van der Waals surface area contributed by atoms with Gasteiger partial charge in [0.15, 0.2) is 0 Å². The molecule has 0 aromatic heterocycles. The topological polar surface area (TPSA) is 56.4 Å². The molecule has 0 spiro atoms. The predicted octanol–water partition coefficient (Wildman–Crippen LogP) is 2.86. The Labute approximate surface area is 133 Å². The van der Waals surface area contributed by atoms with Crippen LogP contribution in [0, 0.1) is 5.41 Å². The van der Waals surface area contributed by atoms with Crippen molar-refractivity contribution in [2.75, 3.05) is 44.4 Å². The van der Waals surface area contributed by atoms with E-state index in [4.69, 9.17) is 11.1 Å². The van der Waals surface area contributed by atoms with Crippen LogP contribution in [0.25, 0.3) is 0 Å². The zero-order chi connectivity index (χ0) is 15.8. The number of hydrogen-bond donors (Lipinski definition) is 2. The number of nitrogens with two attached hydrogens (primary N) is 1. The van der Waals surface area contributed by atoms with Crippen LogP contribution in [0.1, 0.15) is 25.8 Å². The monoisotopic (exact) mass is 308 g/mol. The quantitative estimate of drug-likeness (QED) is 0.418. The number of thioether (sulfide) groups is 1. The summed E-state index contributed by atoms with van der Waals surface area (Å²) in [5, 5.41) is 7.94. The molecular formula is C16H28N4S. The molecule has 0 bridgehead atoms. The Morgan fingerprint density at radius 3 is 2.48 bits per heavy atom. The summed E-state index contributed by atoms with van der Waals surface area (Å²) in [5.74, 6) is 1.14. The molecule has 0 atom stereocenters. The fourth-order valence-corrected chi connectivity index (χ4v) is 3.20. The van der Waals surface area contributed by atoms with Gasteiger partial charge >= 0.3 is 0 Å². The van der Waals surface area contributed by atoms with Crippen molar-refractivity contribution in [2.24, 2.45) is 5.73 Å². The van der Waals surface area contributed by atoms with Crippen LogP contribution in [0.2, 0.25) is 0 Å². The standard InChI is InChI=1S/C16H28N4S/c1-5-20(12-8-11-19(3)4)13-9-7-10-14(21-6-2)15(13)16(17)18/h7,9-10H,5-6,8,11-12H2,1-4H3,(H3,17,18). The van der Waals surface area contributed by atoms with Crippen LogP contribution in [0.15, 0.2) is 23.1 Å². The van der Waals surface area contributed by atoms with Crippen LogP contribution in [0.4, 0.5) is 5.69 Å². The zero-order valence-corrected chi connectivity index (χ0v) is 14.5. The molecule has 0 fully saturated rings. The highest BCUT2D eigenvalue weighted by Crippen LogP contribution is 2.30. The number of nitrogens with zero attached hydrogens (tertiary/aromatic N) is 2. The third kappa shape index (κ3) is 5.25. The highest BCUT2D eigenvalue weighted by molar-refractivity contribution is 7.99. The maximum absolute atomic E-state index is 7.94. The van der Waals surface area contributed by atoms with E-state index in [2.05, 4.69) is 55.9 Å². The Morgan fingerprint density at radius 1 is 1.24 bits per heavy atom. The molecule has 4 nitrogen and oxygen atoms in total. The molecule has 0 heterocycles. The molecule has 1 rings (SSSR count). The van der Waals surface area contributed by atoms with Crippen molar-refractivity contribution in [1.29, 1.82) is 5.41 Å². The molecule has 0 radical (unpaired) electrons. The van der Waals surface area contributed by atoms with E-state index >= 15 is 0 Å². The largest absolute Gasteiger partial charge is 0.384 e. The minimum Gasteiger partial charge on any atom is -0.384 e. The average Bonchev–Trinajstić information content (AvgIpc) is 2.43. The molecule has 118 valence electrons. The van der Waals surface area contributed by atoms with E-state index in [1.165, 1.54) is 0 Å². The van der Waals surface area contributed by atoms with Gasteiger partial charge in [0, 0.05) is 23.7 Å². The minimum absolute atomic E-state index is 0.160. The number of amidine groups is 1. The van der Waals surface area contributed by atoms with E-state index in [1.54, 1.807) is 11.8 Å². The summed E-state index contributed by atoms with van der Waals surface area (Å²) in [7, 11) is 4.19. The summed E-state index contributed by atoms with van der Waals surface area (Å²) in [4.78, 5) is 5.62. The Balaban J connectivity index is 3.02. The number of nitrogens with one attached hydrogen (secondary N) is 1. The minimum atomic E-state index is 0.160. The van der Waals surface area contributed by atoms with Crippen LogP contribution >= 0.6 is 11.8 Å². The maximum atomic E-state index is 7.94. The number of nitrogen functional groups attached to an aromatic ring is 1. The zero-order valence-electron chi connectivity index (χ0n) is 13.6. The second-order valence-corrected chi connectivity index (χ2v) is 6.54. The number of anilines is 1. The van der Waals surface area contributed by atoms with Crippen molar-refractivity contribution in [3.05, 3.63) is 23.8 Å². The van der Waals surface area contributed by atoms with Crippen LogP contribution in [-0.2, 0) is 0 Å². The smallest absolute Gasteiger partial charge is 0.126 e. The first-order valence-corrected chi connectivity index (χ1v) is 8.49. The Morgan fingerprint density at radius 2 is 1.95 bits per heavy atom. The molecule has 5 heteroatoms. The van der Waals surface area contributed by atoms with Gasteiger partial charge in [-0.3, -0.25) is 5.41 Å². The Hall–Kier alpha value is -1.20.